The summed E-state index contributed by atoms with van der Waals surface area (Å²) in [6, 6.07) is 7.48. The van der Waals surface area contributed by atoms with Gasteiger partial charge in [0.1, 0.15) is 11.8 Å². The normalized spacial score (nSPS) is 13.2. The van der Waals surface area contributed by atoms with Crippen molar-refractivity contribution in [2.45, 2.75) is 96.9 Å². The fraction of sp³-hybridized carbons (Fsp3) is 0.696. The second-order valence-electron chi connectivity index (χ2n) is 8.65. The SMILES string of the molecule is CCCC(O)(CCC)CCc1cccc(C(F)CCNC(=O)OC(C)(C)C)c1. The molecule has 1 aromatic carbocycles. The lowest BCUT2D eigenvalue weighted by Crippen LogP contribution is -2.33. The van der Waals surface area contributed by atoms with Crippen molar-refractivity contribution in [3.63, 3.8) is 0 Å². The highest BCUT2D eigenvalue weighted by Crippen LogP contribution is 2.27. The Morgan fingerprint density at radius 2 is 1.82 bits per heavy atom. The highest BCUT2D eigenvalue weighted by Gasteiger charge is 2.24. The minimum atomic E-state index is -1.15. The van der Waals surface area contributed by atoms with Crippen LogP contribution in [0, 0.1) is 0 Å². The van der Waals surface area contributed by atoms with Crippen molar-refractivity contribution in [2.75, 3.05) is 6.54 Å². The fourth-order valence-corrected chi connectivity index (χ4v) is 3.41. The predicted molar refractivity (Wildman–Crippen MR) is 112 cm³/mol. The van der Waals surface area contributed by atoms with Crippen molar-refractivity contribution in [3.8, 4) is 0 Å². The summed E-state index contributed by atoms with van der Waals surface area (Å²) in [5.41, 5.74) is 0.445. The topological polar surface area (TPSA) is 58.6 Å². The van der Waals surface area contributed by atoms with E-state index in [2.05, 4.69) is 19.2 Å². The number of amides is 1. The Labute approximate surface area is 169 Å². The van der Waals surface area contributed by atoms with Gasteiger partial charge in [-0.25, -0.2) is 9.18 Å². The number of halogens is 1. The van der Waals surface area contributed by atoms with Gasteiger partial charge in [0, 0.05) is 13.0 Å². The lowest BCUT2D eigenvalue weighted by molar-refractivity contribution is 0.0132. The number of carbonyl (C=O) groups is 1. The molecular formula is C23H38FNO3. The first kappa shape index (κ1) is 24.4. The number of rotatable bonds is 11. The quantitative estimate of drug-likeness (QED) is 0.492. The van der Waals surface area contributed by atoms with Crippen molar-refractivity contribution in [1.29, 1.82) is 0 Å². The van der Waals surface area contributed by atoms with Crippen molar-refractivity contribution in [2.24, 2.45) is 0 Å². The Morgan fingerprint density at radius 1 is 1.18 bits per heavy atom. The van der Waals surface area contributed by atoms with E-state index in [1.807, 2.05) is 18.2 Å². The van der Waals surface area contributed by atoms with Gasteiger partial charge < -0.3 is 15.2 Å². The van der Waals surface area contributed by atoms with Gasteiger partial charge in [0.05, 0.1) is 5.60 Å². The number of alkyl carbamates (subject to hydrolysis) is 1. The molecule has 0 radical (unpaired) electrons. The van der Waals surface area contributed by atoms with E-state index >= 15 is 0 Å². The number of alkyl halides is 1. The van der Waals surface area contributed by atoms with Gasteiger partial charge in [0.2, 0.25) is 0 Å². The first-order valence-electron chi connectivity index (χ1n) is 10.5. The molecule has 2 N–H and O–H groups in total. The average Bonchev–Trinajstić information content (AvgIpc) is 2.59. The second-order valence-corrected chi connectivity index (χ2v) is 8.65. The summed E-state index contributed by atoms with van der Waals surface area (Å²) in [4.78, 5) is 11.6. The van der Waals surface area contributed by atoms with Crippen molar-refractivity contribution >= 4 is 6.09 Å². The summed E-state index contributed by atoms with van der Waals surface area (Å²) >= 11 is 0. The maximum Gasteiger partial charge on any atom is 0.407 e. The van der Waals surface area contributed by atoms with Gasteiger partial charge in [0.25, 0.3) is 0 Å². The molecule has 0 aliphatic heterocycles. The van der Waals surface area contributed by atoms with Crippen LogP contribution < -0.4 is 5.32 Å². The Bertz CT molecular complexity index is 592. The minimum Gasteiger partial charge on any atom is -0.444 e. The van der Waals surface area contributed by atoms with Gasteiger partial charge in [-0.05, 0) is 57.6 Å². The number of hydrogen-bond donors (Lipinski definition) is 2. The zero-order chi connectivity index (χ0) is 21.2. The van der Waals surface area contributed by atoms with E-state index in [0.717, 1.165) is 37.7 Å². The van der Waals surface area contributed by atoms with Crippen LogP contribution in [-0.4, -0.2) is 28.9 Å². The molecule has 1 rings (SSSR count). The number of hydrogen-bond acceptors (Lipinski definition) is 3. The van der Waals surface area contributed by atoms with E-state index in [1.165, 1.54) is 0 Å². The molecule has 1 aromatic rings. The number of benzene rings is 1. The number of aliphatic hydroxyl groups is 1. The molecule has 0 fully saturated rings. The first-order chi connectivity index (χ1) is 13.1. The summed E-state index contributed by atoms with van der Waals surface area (Å²) < 4.78 is 19.7. The summed E-state index contributed by atoms with van der Waals surface area (Å²) in [6.45, 7) is 9.75. The molecule has 0 aliphatic rings. The zero-order valence-electron chi connectivity index (χ0n) is 18.2. The van der Waals surface area contributed by atoms with Gasteiger partial charge in [-0.2, -0.15) is 0 Å². The van der Waals surface area contributed by atoms with Crippen LogP contribution in [0.25, 0.3) is 0 Å². The Kier molecular flexibility index (Phi) is 9.94. The molecule has 0 aromatic heterocycles. The number of aryl methyl sites for hydroxylation is 1. The predicted octanol–water partition coefficient (Wildman–Crippen LogP) is 5.88. The Balaban J connectivity index is 2.56. The lowest BCUT2D eigenvalue weighted by atomic mass is 9.86. The van der Waals surface area contributed by atoms with E-state index in [1.54, 1.807) is 26.8 Å². The van der Waals surface area contributed by atoms with Gasteiger partial charge >= 0.3 is 6.09 Å². The summed E-state index contributed by atoms with van der Waals surface area (Å²) in [7, 11) is 0. The third kappa shape index (κ3) is 9.54. The number of nitrogens with one attached hydrogen (secondary N) is 1. The van der Waals surface area contributed by atoms with E-state index in [-0.39, 0.29) is 13.0 Å². The van der Waals surface area contributed by atoms with E-state index < -0.39 is 23.5 Å². The molecule has 0 aliphatic carbocycles. The van der Waals surface area contributed by atoms with Crippen LogP contribution in [0.15, 0.2) is 24.3 Å². The molecular weight excluding hydrogens is 357 g/mol. The highest BCUT2D eigenvalue weighted by molar-refractivity contribution is 5.67. The summed E-state index contributed by atoms with van der Waals surface area (Å²) in [5.74, 6) is 0. The maximum atomic E-state index is 14.6. The Morgan fingerprint density at radius 3 is 2.39 bits per heavy atom. The van der Waals surface area contributed by atoms with E-state index in [4.69, 9.17) is 4.74 Å². The molecule has 1 atom stereocenters. The summed E-state index contributed by atoms with van der Waals surface area (Å²) in [5, 5.41) is 13.4. The molecule has 1 amide bonds. The van der Waals surface area contributed by atoms with Gasteiger partial charge in [0.15, 0.2) is 0 Å². The second kappa shape index (κ2) is 11.4. The molecule has 1 unspecified atom stereocenters. The van der Waals surface area contributed by atoms with Gasteiger partial charge in [-0.15, -0.1) is 0 Å². The highest BCUT2D eigenvalue weighted by atomic mass is 19.1. The lowest BCUT2D eigenvalue weighted by Gasteiger charge is -2.27. The molecule has 28 heavy (non-hydrogen) atoms. The smallest absolute Gasteiger partial charge is 0.407 e. The van der Waals surface area contributed by atoms with Crippen LogP contribution in [0.2, 0.25) is 0 Å². The minimum absolute atomic E-state index is 0.193. The van der Waals surface area contributed by atoms with Crippen LogP contribution in [0.1, 0.15) is 90.4 Å². The van der Waals surface area contributed by atoms with Crippen molar-refractivity contribution in [1.82, 2.24) is 5.32 Å². The van der Waals surface area contributed by atoms with Crippen molar-refractivity contribution in [3.05, 3.63) is 35.4 Å². The van der Waals surface area contributed by atoms with Gasteiger partial charge in [-0.3, -0.25) is 0 Å². The van der Waals surface area contributed by atoms with E-state index in [0.29, 0.717) is 12.0 Å². The van der Waals surface area contributed by atoms with Crippen LogP contribution in [0.4, 0.5) is 9.18 Å². The molecule has 0 heterocycles. The molecule has 5 heteroatoms. The third-order valence-corrected chi connectivity index (χ3v) is 4.69. The van der Waals surface area contributed by atoms with E-state index in [9.17, 15) is 14.3 Å². The monoisotopic (exact) mass is 395 g/mol. The largest absolute Gasteiger partial charge is 0.444 e. The number of ether oxygens (including phenoxy) is 1. The van der Waals surface area contributed by atoms with Crippen LogP contribution in [0.3, 0.4) is 0 Å². The van der Waals surface area contributed by atoms with Gasteiger partial charge in [-0.1, -0.05) is 51.0 Å². The molecule has 0 saturated carbocycles. The maximum absolute atomic E-state index is 14.6. The number of carbonyl (C=O) groups excluding carboxylic acids is 1. The standard InChI is InChI=1S/C23H38FNO3/c1-6-13-23(27,14-7-2)15-11-18-9-8-10-19(17-18)20(24)12-16-25-21(26)28-22(3,4)5/h8-10,17,20,27H,6-7,11-16H2,1-5H3,(H,25,26). The van der Waals surface area contributed by atoms with Crippen molar-refractivity contribution < 1.29 is 19.0 Å². The molecule has 0 spiro atoms. The Hall–Kier alpha value is -1.62. The van der Waals surface area contributed by atoms with Crippen LogP contribution in [0.5, 0.6) is 0 Å². The van der Waals surface area contributed by atoms with Crippen LogP contribution >= 0.6 is 0 Å². The first-order valence-corrected chi connectivity index (χ1v) is 10.5. The zero-order valence-corrected chi connectivity index (χ0v) is 18.2. The molecule has 4 nitrogen and oxygen atoms in total. The summed E-state index contributed by atoms with van der Waals surface area (Å²) in [6.07, 6.45) is 3.42. The third-order valence-electron chi connectivity index (χ3n) is 4.69. The molecule has 160 valence electrons. The fourth-order valence-electron chi connectivity index (χ4n) is 3.41. The van der Waals surface area contributed by atoms with Crippen LogP contribution in [-0.2, 0) is 11.2 Å². The average molecular weight is 396 g/mol. The molecule has 0 saturated heterocycles. The molecule has 0 bridgehead atoms.